The first-order valence-corrected chi connectivity index (χ1v) is 7.89. The Labute approximate surface area is 122 Å². The van der Waals surface area contributed by atoms with Crippen LogP contribution in [0.15, 0.2) is 11.6 Å². The Morgan fingerprint density at radius 1 is 1.30 bits per heavy atom. The fourth-order valence-electron chi connectivity index (χ4n) is 3.13. The molecule has 0 spiro atoms. The van der Waals surface area contributed by atoms with E-state index in [9.17, 15) is 4.79 Å². The topological polar surface area (TPSA) is 32.8 Å². The van der Waals surface area contributed by atoms with Gasteiger partial charge >= 0.3 is 0 Å². The Hall–Kier alpha value is -0.870. The van der Waals surface area contributed by atoms with Gasteiger partial charge in [-0.15, -0.1) is 0 Å². The number of rotatable bonds is 5. The van der Waals surface area contributed by atoms with Crippen molar-refractivity contribution in [2.45, 2.75) is 45.1 Å². The number of carbonyl (C=O) groups excluding carboxylic acids is 1. The number of amides is 1. The summed E-state index contributed by atoms with van der Waals surface area (Å²) in [5.74, 6) is 0.317. The van der Waals surface area contributed by atoms with E-state index in [0.717, 1.165) is 45.6 Å². The summed E-state index contributed by atoms with van der Waals surface area (Å²) in [5.41, 5.74) is 1.36. The third kappa shape index (κ3) is 4.32. The molecule has 114 valence electrons. The summed E-state index contributed by atoms with van der Waals surface area (Å²) in [4.78, 5) is 16.8. The molecule has 0 saturated carbocycles. The van der Waals surface area contributed by atoms with Crippen LogP contribution in [0.25, 0.3) is 0 Å². The summed E-state index contributed by atoms with van der Waals surface area (Å²) in [6.07, 6.45) is 7.74. The van der Waals surface area contributed by atoms with Gasteiger partial charge in [0.15, 0.2) is 0 Å². The fraction of sp³-hybridized carbons (Fsp3) is 0.812. The predicted octanol–water partition coefficient (Wildman–Crippen LogP) is 2.06. The van der Waals surface area contributed by atoms with Gasteiger partial charge in [-0.3, -0.25) is 9.69 Å². The molecule has 1 aliphatic carbocycles. The lowest BCUT2D eigenvalue weighted by atomic mass is 9.97. The van der Waals surface area contributed by atoms with Crippen molar-refractivity contribution in [3.8, 4) is 0 Å². The Morgan fingerprint density at radius 3 is 2.65 bits per heavy atom. The molecule has 1 aliphatic heterocycles. The van der Waals surface area contributed by atoms with E-state index in [1.165, 1.54) is 18.4 Å². The largest absolute Gasteiger partial charge is 0.383 e. The maximum Gasteiger partial charge on any atom is 0.226 e. The molecule has 2 rings (SSSR count). The van der Waals surface area contributed by atoms with Crippen molar-refractivity contribution >= 4 is 5.91 Å². The minimum Gasteiger partial charge on any atom is -0.383 e. The van der Waals surface area contributed by atoms with Gasteiger partial charge in [0, 0.05) is 45.8 Å². The standard InChI is InChI=1S/C16H28N2O2/c1-14(13-20-2)17-8-10-18(11-9-17)16(19)12-15-6-4-3-5-7-15/h6,14H,3-5,7-13H2,1-2H3. The molecule has 1 amide bonds. The highest BCUT2D eigenvalue weighted by Gasteiger charge is 2.24. The number of hydrogen-bond donors (Lipinski definition) is 0. The molecular weight excluding hydrogens is 252 g/mol. The number of piperazine rings is 1. The number of nitrogens with zero attached hydrogens (tertiary/aromatic N) is 2. The quantitative estimate of drug-likeness (QED) is 0.723. The van der Waals surface area contributed by atoms with Gasteiger partial charge in [-0.05, 0) is 32.6 Å². The van der Waals surface area contributed by atoms with Crippen molar-refractivity contribution in [3.63, 3.8) is 0 Å². The van der Waals surface area contributed by atoms with E-state index in [2.05, 4.69) is 17.9 Å². The number of carbonyl (C=O) groups is 1. The second-order valence-corrected chi connectivity index (χ2v) is 6.01. The molecule has 1 unspecified atom stereocenters. The second-order valence-electron chi connectivity index (χ2n) is 6.01. The first-order chi connectivity index (χ1) is 9.70. The van der Waals surface area contributed by atoms with E-state index in [-0.39, 0.29) is 0 Å². The Kier molecular flexibility index (Phi) is 6.05. The molecule has 1 saturated heterocycles. The van der Waals surface area contributed by atoms with Gasteiger partial charge in [0.25, 0.3) is 0 Å². The molecule has 0 bridgehead atoms. The molecule has 2 aliphatic rings. The van der Waals surface area contributed by atoms with Crippen LogP contribution in [0.1, 0.15) is 39.0 Å². The van der Waals surface area contributed by atoms with Crippen LogP contribution >= 0.6 is 0 Å². The van der Waals surface area contributed by atoms with Crippen molar-refractivity contribution in [2.75, 3.05) is 39.9 Å². The van der Waals surface area contributed by atoms with Crippen molar-refractivity contribution in [3.05, 3.63) is 11.6 Å². The molecule has 20 heavy (non-hydrogen) atoms. The average molecular weight is 280 g/mol. The summed E-state index contributed by atoms with van der Waals surface area (Å²) in [5, 5.41) is 0. The molecule has 4 heteroatoms. The number of hydrogen-bond acceptors (Lipinski definition) is 3. The van der Waals surface area contributed by atoms with Crippen LogP contribution in [-0.2, 0) is 9.53 Å². The average Bonchev–Trinajstić information content (AvgIpc) is 2.48. The second kappa shape index (κ2) is 7.79. The molecule has 1 atom stereocenters. The molecule has 0 N–H and O–H groups in total. The summed E-state index contributed by atoms with van der Waals surface area (Å²) < 4.78 is 5.20. The van der Waals surface area contributed by atoms with Gasteiger partial charge in [0.2, 0.25) is 5.91 Å². The minimum atomic E-state index is 0.317. The van der Waals surface area contributed by atoms with Crippen LogP contribution in [-0.4, -0.2) is 61.6 Å². The predicted molar refractivity (Wildman–Crippen MR) is 80.7 cm³/mol. The number of methoxy groups -OCH3 is 1. The third-order valence-electron chi connectivity index (χ3n) is 4.46. The Balaban J connectivity index is 1.75. The van der Waals surface area contributed by atoms with Gasteiger partial charge < -0.3 is 9.64 Å². The lowest BCUT2D eigenvalue weighted by Gasteiger charge is -2.38. The molecule has 1 heterocycles. The summed E-state index contributed by atoms with van der Waals surface area (Å²) in [6.45, 7) is 6.61. The van der Waals surface area contributed by atoms with E-state index in [1.54, 1.807) is 7.11 Å². The molecule has 0 aromatic rings. The fourth-order valence-corrected chi connectivity index (χ4v) is 3.13. The first kappa shape index (κ1) is 15.5. The molecular formula is C16H28N2O2. The summed E-state index contributed by atoms with van der Waals surface area (Å²) >= 11 is 0. The highest BCUT2D eigenvalue weighted by Crippen LogP contribution is 2.21. The van der Waals surface area contributed by atoms with Crippen LogP contribution in [0.3, 0.4) is 0 Å². The summed E-state index contributed by atoms with van der Waals surface area (Å²) in [7, 11) is 1.74. The highest BCUT2D eigenvalue weighted by atomic mass is 16.5. The van der Waals surface area contributed by atoms with Gasteiger partial charge in [-0.2, -0.15) is 0 Å². The maximum absolute atomic E-state index is 12.3. The zero-order valence-electron chi connectivity index (χ0n) is 12.9. The van der Waals surface area contributed by atoms with Crippen molar-refractivity contribution in [2.24, 2.45) is 0 Å². The van der Waals surface area contributed by atoms with Crippen molar-refractivity contribution in [1.82, 2.24) is 9.80 Å². The monoisotopic (exact) mass is 280 g/mol. The smallest absolute Gasteiger partial charge is 0.226 e. The molecule has 1 fully saturated rings. The number of ether oxygens (including phenoxy) is 1. The Bertz CT molecular complexity index is 346. The lowest BCUT2D eigenvalue weighted by Crippen LogP contribution is -2.52. The van der Waals surface area contributed by atoms with Gasteiger partial charge in [-0.1, -0.05) is 11.6 Å². The van der Waals surface area contributed by atoms with Crippen molar-refractivity contribution in [1.29, 1.82) is 0 Å². The third-order valence-corrected chi connectivity index (χ3v) is 4.46. The van der Waals surface area contributed by atoms with E-state index in [0.29, 0.717) is 18.4 Å². The molecule has 0 aromatic carbocycles. The summed E-state index contributed by atoms with van der Waals surface area (Å²) in [6, 6.07) is 0.443. The van der Waals surface area contributed by atoms with Crippen LogP contribution in [0.2, 0.25) is 0 Å². The minimum absolute atomic E-state index is 0.317. The maximum atomic E-state index is 12.3. The first-order valence-electron chi connectivity index (χ1n) is 7.89. The normalized spacial score (nSPS) is 22.5. The zero-order valence-corrected chi connectivity index (χ0v) is 12.9. The van der Waals surface area contributed by atoms with Gasteiger partial charge in [-0.25, -0.2) is 0 Å². The highest BCUT2D eigenvalue weighted by molar-refractivity contribution is 5.78. The Morgan fingerprint density at radius 2 is 2.05 bits per heavy atom. The molecule has 0 aromatic heterocycles. The van der Waals surface area contributed by atoms with E-state index < -0.39 is 0 Å². The van der Waals surface area contributed by atoms with Crippen LogP contribution in [0.5, 0.6) is 0 Å². The van der Waals surface area contributed by atoms with Gasteiger partial charge in [0.1, 0.15) is 0 Å². The zero-order chi connectivity index (χ0) is 14.4. The van der Waals surface area contributed by atoms with Crippen LogP contribution < -0.4 is 0 Å². The van der Waals surface area contributed by atoms with E-state index in [4.69, 9.17) is 4.74 Å². The van der Waals surface area contributed by atoms with E-state index in [1.807, 2.05) is 4.90 Å². The number of allylic oxidation sites excluding steroid dienone is 1. The van der Waals surface area contributed by atoms with Crippen molar-refractivity contribution < 1.29 is 9.53 Å². The van der Waals surface area contributed by atoms with Gasteiger partial charge in [0.05, 0.1) is 6.61 Å². The lowest BCUT2D eigenvalue weighted by molar-refractivity contribution is -0.132. The van der Waals surface area contributed by atoms with E-state index >= 15 is 0 Å². The molecule has 0 radical (unpaired) electrons. The van der Waals surface area contributed by atoms with Crippen LogP contribution in [0, 0.1) is 0 Å². The van der Waals surface area contributed by atoms with Crippen LogP contribution in [0.4, 0.5) is 0 Å². The SMILES string of the molecule is COCC(C)N1CCN(C(=O)CC2=CCCCC2)CC1. The molecule has 4 nitrogen and oxygen atoms in total.